The summed E-state index contributed by atoms with van der Waals surface area (Å²) in [6.07, 6.45) is 7.48. The van der Waals surface area contributed by atoms with E-state index in [1.165, 1.54) is 6.07 Å². The van der Waals surface area contributed by atoms with Gasteiger partial charge in [-0.15, -0.1) is 0 Å². The van der Waals surface area contributed by atoms with Gasteiger partial charge in [-0.25, -0.2) is 0 Å². The third-order valence-corrected chi connectivity index (χ3v) is 1.94. The average Bonchev–Trinajstić information content (AvgIpc) is 2.15. The summed E-state index contributed by atoms with van der Waals surface area (Å²) in [6, 6.07) is 4.39. The molecule has 0 unspecified atom stereocenters. The zero-order chi connectivity index (χ0) is 12.0. The van der Waals surface area contributed by atoms with Gasteiger partial charge in [0.25, 0.3) is 0 Å². The Morgan fingerprint density at radius 3 is 2.31 bits per heavy atom. The van der Waals surface area contributed by atoms with Crippen LogP contribution >= 0.6 is 0 Å². The number of aliphatic hydroxyl groups excluding tert-OH is 1. The molecule has 1 aromatic carbocycles. The van der Waals surface area contributed by atoms with E-state index in [0.717, 1.165) is 5.56 Å². The van der Waals surface area contributed by atoms with Crippen LogP contribution in [0, 0.1) is 0 Å². The lowest BCUT2D eigenvalue weighted by atomic mass is 10.2. The summed E-state index contributed by atoms with van der Waals surface area (Å²) in [4.78, 5) is 0. The van der Waals surface area contributed by atoms with Crippen molar-refractivity contribution in [1.29, 1.82) is 0 Å². The summed E-state index contributed by atoms with van der Waals surface area (Å²) in [7, 11) is 0. The van der Waals surface area contributed by atoms with E-state index < -0.39 is 0 Å². The quantitative estimate of drug-likeness (QED) is 0.683. The molecular weight excluding hydrogens is 204 g/mol. The van der Waals surface area contributed by atoms with Crippen LogP contribution in [0.2, 0.25) is 0 Å². The Bertz CT molecular complexity index is 372. The lowest BCUT2D eigenvalue weighted by Crippen LogP contribution is -1.94. The van der Waals surface area contributed by atoms with E-state index in [0.29, 0.717) is 6.42 Å². The molecule has 0 amide bonds. The van der Waals surface area contributed by atoms with Gasteiger partial charge in [0.05, 0.1) is 6.10 Å². The van der Waals surface area contributed by atoms with E-state index in [1.54, 1.807) is 31.2 Å². The Hall–Kier alpha value is -1.74. The van der Waals surface area contributed by atoms with Crippen molar-refractivity contribution in [2.24, 2.45) is 0 Å². The maximum Gasteiger partial charge on any atom is 0.119 e. The van der Waals surface area contributed by atoms with E-state index in [1.807, 2.05) is 12.2 Å². The molecule has 0 bridgehead atoms. The van der Waals surface area contributed by atoms with Gasteiger partial charge in [0.15, 0.2) is 0 Å². The molecule has 0 aliphatic heterocycles. The molecule has 0 aliphatic rings. The van der Waals surface area contributed by atoms with Gasteiger partial charge in [0, 0.05) is 6.07 Å². The van der Waals surface area contributed by atoms with Crippen molar-refractivity contribution in [2.75, 3.05) is 0 Å². The molecule has 1 atom stereocenters. The summed E-state index contributed by atoms with van der Waals surface area (Å²) >= 11 is 0. The van der Waals surface area contributed by atoms with Crippen molar-refractivity contribution in [2.45, 2.75) is 19.4 Å². The minimum absolute atomic E-state index is 0.0348. The van der Waals surface area contributed by atoms with Gasteiger partial charge < -0.3 is 15.3 Å². The first-order valence-corrected chi connectivity index (χ1v) is 5.12. The monoisotopic (exact) mass is 220 g/mol. The molecule has 0 heterocycles. The molecule has 3 heteroatoms. The smallest absolute Gasteiger partial charge is 0.119 e. The first-order valence-electron chi connectivity index (χ1n) is 5.12. The first kappa shape index (κ1) is 12.3. The van der Waals surface area contributed by atoms with Crippen LogP contribution in [-0.4, -0.2) is 21.4 Å². The third-order valence-electron chi connectivity index (χ3n) is 1.94. The van der Waals surface area contributed by atoms with E-state index in [-0.39, 0.29) is 17.6 Å². The number of hydrogen-bond donors (Lipinski definition) is 3. The molecule has 1 aromatic rings. The lowest BCUT2D eigenvalue weighted by Gasteiger charge is -1.97. The van der Waals surface area contributed by atoms with E-state index in [4.69, 9.17) is 5.11 Å². The molecule has 0 saturated carbocycles. The van der Waals surface area contributed by atoms with Crippen LogP contribution in [0.25, 0.3) is 6.08 Å². The highest BCUT2D eigenvalue weighted by Crippen LogP contribution is 2.21. The maximum absolute atomic E-state index is 9.22. The number of aliphatic hydroxyl groups is 1. The second kappa shape index (κ2) is 5.98. The van der Waals surface area contributed by atoms with Crippen LogP contribution in [0.5, 0.6) is 11.5 Å². The summed E-state index contributed by atoms with van der Waals surface area (Å²) in [6.45, 7) is 1.72. The number of hydrogen-bond acceptors (Lipinski definition) is 3. The first-order chi connectivity index (χ1) is 7.58. The number of phenols is 2. The van der Waals surface area contributed by atoms with Crippen molar-refractivity contribution in [3.63, 3.8) is 0 Å². The fourth-order valence-electron chi connectivity index (χ4n) is 1.24. The van der Waals surface area contributed by atoms with Gasteiger partial charge >= 0.3 is 0 Å². The van der Waals surface area contributed by atoms with Crippen molar-refractivity contribution in [3.8, 4) is 11.5 Å². The predicted octanol–water partition coefficient (Wildman–Crippen LogP) is 2.44. The Morgan fingerprint density at radius 2 is 1.75 bits per heavy atom. The molecule has 0 aliphatic carbocycles. The average molecular weight is 220 g/mol. The van der Waals surface area contributed by atoms with E-state index >= 15 is 0 Å². The van der Waals surface area contributed by atoms with Crippen molar-refractivity contribution in [1.82, 2.24) is 0 Å². The third kappa shape index (κ3) is 4.66. The number of rotatable bonds is 4. The van der Waals surface area contributed by atoms with Crippen LogP contribution in [-0.2, 0) is 0 Å². The Labute approximate surface area is 95.0 Å². The van der Waals surface area contributed by atoms with Crippen LogP contribution in [0.3, 0.4) is 0 Å². The second-order valence-corrected chi connectivity index (χ2v) is 3.65. The summed E-state index contributed by atoms with van der Waals surface area (Å²) in [5.74, 6) is 0.0696. The van der Waals surface area contributed by atoms with Gasteiger partial charge in [0.1, 0.15) is 11.5 Å². The lowest BCUT2D eigenvalue weighted by molar-refractivity contribution is 0.198. The Morgan fingerprint density at radius 1 is 1.12 bits per heavy atom. The molecule has 0 radical (unpaired) electrons. The van der Waals surface area contributed by atoms with Gasteiger partial charge in [-0.2, -0.15) is 0 Å². The molecule has 0 saturated heterocycles. The highest BCUT2D eigenvalue weighted by Gasteiger charge is 1.94. The van der Waals surface area contributed by atoms with Crippen molar-refractivity contribution >= 4 is 6.08 Å². The normalized spacial score (nSPS) is 13.6. The molecule has 3 N–H and O–H groups in total. The zero-order valence-electron chi connectivity index (χ0n) is 9.17. The fraction of sp³-hybridized carbons (Fsp3) is 0.231. The number of phenolic OH excluding ortho intramolecular Hbond substituents is 2. The van der Waals surface area contributed by atoms with Crippen LogP contribution in [0.1, 0.15) is 18.9 Å². The summed E-state index contributed by atoms with van der Waals surface area (Å²) in [5, 5.41) is 27.4. The van der Waals surface area contributed by atoms with Crippen molar-refractivity contribution in [3.05, 3.63) is 42.0 Å². The highest BCUT2D eigenvalue weighted by atomic mass is 16.3. The standard InChI is InChI=1S/C13H16O3/c1-10(14)5-3-2-4-6-11-7-12(15)9-13(16)8-11/h2-4,6-10,14-16H,5H2,1H3/b3-2+,6-4-/t10-/m1/s1. The van der Waals surface area contributed by atoms with Gasteiger partial charge in [0.2, 0.25) is 0 Å². The summed E-state index contributed by atoms with van der Waals surface area (Å²) < 4.78 is 0. The van der Waals surface area contributed by atoms with E-state index in [9.17, 15) is 10.2 Å². The predicted molar refractivity (Wildman–Crippen MR) is 64.2 cm³/mol. The SMILES string of the molecule is C[C@@H](O)C/C=C/C=C\c1cc(O)cc(O)c1. The Balaban J connectivity index is 2.59. The Kier molecular flexibility index (Phi) is 4.61. The molecule has 0 spiro atoms. The number of aromatic hydroxyl groups is 2. The van der Waals surface area contributed by atoms with Crippen LogP contribution in [0.4, 0.5) is 0 Å². The topological polar surface area (TPSA) is 60.7 Å². The molecule has 86 valence electrons. The second-order valence-electron chi connectivity index (χ2n) is 3.65. The summed E-state index contributed by atoms with van der Waals surface area (Å²) in [5.41, 5.74) is 0.721. The van der Waals surface area contributed by atoms with Crippen molar-refractivity contribution < 1.29 is 15.3 Å². The maximum atomic E-state index is 9.22. The highest BCUT2D eigenvalue weighted by molar-refractivity contribution is 5.55. The number of allylic oxidation sites excluding steroid dienone is 2. The van der Waals surface area contributed by atoms with Crippen LogP contribution in [0.15, 0.2) is 36.4 Å². The fourth-order valence-corrected chi connectivity index (χ4v) is 1.24. The van der Waals surface area contributed by atoms with Gasteiger partial charge in [-0.05, 0) is 31.0 Å². The minimum Gasteiger partial charge on any atom is -0.508 e. The zero-order valence-corrected chi connectivity index (χ0v) is 9.17. The molecule has 3 nitrogen and oxygen atoms in total. The minimum atomic E-state index is -0.338. The largest absolute Gasteiger partial charge is 0.508 e. The molecule has 1 rings (SSSR count). The number of benzene rings is 1. The van der Waals surface area contributed by atoms with E-state index in [2.05, 4.69) is 0 Å². The van der Waals surface area contributed by atoms with Gasteiger partial charge in [-0.1, -0.05) is 24.3 Å². The molecule has 16 heavy (non-hydrogen) atoms. The van der Waals surface area contributed by atoms with Gasteiger partial charge in [-0.3, -0.25) is 0 Å². The molecule has 0 fully saturated rings. The molecular formula is C13H16O3. The molecule has 0 aromatic heterocycles. The van der Waals surface area contributed by atoms with Crippen LogP contribution < -0.4 is 0 Å².